The van der Waals surface area contributed by atoms with Gasteiger partial charge in [0.15, 0.2) is 0 Å². The third-order valence-corrected chi connectivity index (χ3v) is 7.26. The van der Waals surface area contributed by atoms with E-state index in [1.807, 2.05) is 18.9 Å². The van der Waals surface area contributed by atoms with Crippen molar-refractivity contribution in [1.29, 1.82) is 0 Å². The number of rotatable bonds is 5. The van der Waals surface area contributed by atoms with Gasteiger partial charge in [-0.25, -0.2) is 13.6 Å². The lowest BCUT2D eigenvalue weighted by Crippen LogP contribution is -2.50. The van der Waals surface area contributed by atoms with E-state index >= 15 is 4.39 Å². The first-order valence-electron chi connectivity index (χ1n) is 13.4. The molecule has 2 aliphatic heterocycles. The van der Waals surface area contributed by atoms with Gasteiger partial charge in [0.1, 0.15) is 11.6 Å². The second-order valence-electron chi connectivity index (χ2n) is 10.6. The van der Waals surface area contributed by atoms with E-state index in [9.17, 15) is 27.2 Å². The molecule has 0 saturated carbocycles. The van der Waals surface area contributed by atoms with Crippen molar-refractivity contribution in [3.05, 3.63) is 64.7 Å². The van der Waals surface area contributed by atoms with E-state index in [0.29, 0.717) is 43.9 Å². The van der Waals surface area contributed by atoms with Crippen LogP contribution < -0.4 is 10.2 Å². The van der Waals surface area contributed by atoms with Crippen LogP contribution in [0.1, 0.15) is 48.7 Å². The number of nitrogens with zero attached hydrogens (tertiary/aromatic N) is 3. The number of amides is 2. The maximum atomic E-state index is 15.7. The second kappa shape index (κ2) is 12.1. The van der Waals surface area contributed by atoms with Gasteiger partial charge < -0.3 is 24.8 Å². The van der Waals surface area contributed by atoms with Gasteiger partial charge >= 0.3 is 12.3 Å². The number of piperazine rings is 1. The Morgan fingerprint density at radius 3 is 2.46 bits per heavy atom. The minimum atomic E-state index is -4.97. The fraction of sp³-hybridized carbons (Fsp3) is 0.448. The summed E-state index contributed by atoms with van der Waals surface area (Å²) in [6.45, 7) is 7.48. The van der Waals surface area contributed by atoms with Gasteiger partial charge in [0.25, 0.3) is 5.91 Å². The molecule has 1 saturated heterocycles. The molecule has 2 aromatic rings. The van der Waals surface area contributed by atoms with Gasteiger partial charge in [0, 0.05) is 44.3 Å². The molecule has 222 valence electrons. The van der Waals surface area contributed by atoms with Crippen molar-refractivity contribution in [3.8, 4) is 0 Å². The Bertz CT molecular complexity index is 1340. The van der Waals surface area contributed by atoms with Crippen LogP contribution in [0.4, 0.5) is 38.1 Å². The molecule has 1 atom stereocenters. The molecule has 1 N–H and O–H groups in total. The van der Waals surface area contributed by atoms with Gasteiger partial charge in [0.05, 0.1) is 28.6 Å². The Morgan fingerprint density at radius 1 is 1.07 bits per heavy atom. The molecule has 2 heterocycles. The summed E-state index contributed by atoms with van der Waals surface area (Å²) in [5.74, 6) is -2.85. The predicted octanol–water partition coefficient (Wildman–Crippen LogP) is 6.01. The lowest BCUT2D eigenvalue weighted by atomic mass is 9.98. The number of hydrogen-bond donors (Lipinski definition) is 1. The van der Waals surface area contributed by atoms with Crippen molar-refractivity contribution >= 4 is 28.9 Å². The average molecular weight is 581 g/mol. The molecular formula is C29H33F5N4O3. The minimum absolute atomic E-state index is 0.0525. The SMILES string of the molecule is CC(C)OC(=O)N1CCC=C(c2cc(NC(=O)c3ccc(F)cc3C(F)(F)F)c(N3CCN(C)C(C)C3)cc2F)C1. The van der Waals surface area contributed by atoms with Crippen molar-refractivity contribution in [2.24, 2.45) is 0 Å². The number of ether oxygens (including phenoxy) is 1. The van der Waals surface area contributed by atoms with E-state index in [4.69, 9.17) is 4.74 Å². The van der Waals surface area contributed by atoms with E-state index in [0.717, 1.165) is 12.1 Å². The van der Waals surface area contributed by atoms with Gasteiger partial charge in [0.2, 0.25) is 0 Å². The topological polar surface area (TPSA) is 65.1 Å². The Balaban J connectivity index is 1.73. The highest BCUT2D eigenvalue weighted by molar-refractivity contribution is 6.07. The Labute approximate surface area is 235 Å². The normalized spacial score (nSPS) is 18.4. The largest absolute Gasteiger partial charge is 0.447 e. The molecule has 0 bridgehead atoms. The fourth-order valence-corrected chi connectivity index (χ4v) is 4.95. The third kappa shape index (κ3) is 6.98. The minimum Gasteiger partial charge on any atom is -0.447 e. The zero-order valence-electron chi connectivity index (χ0n) is 23.3. The summed E-state index contributed by atoms with van der Waals surface area (Å²) < 4.78 is 75.6. The number of hydrogen-bond acceptors (Lipinski definition) is 5. The third-order valence-electron chi connectivity index (χ3n) is 7.26. The van der Waals surface area contributed by atoms with Crippen molar-refractivity contribution < 1.29 is 36.3 Å². The van der Waals surface area contributed by atoms with Crippen LogP contribution in [0.2, 0.25) is 0 Å². The first kappa shape index (κ1) is 30.3. The predicted molar refractivity (Wildman–Crippen MR) is 146 cm³/mol. The summed E-state index contributed by atoms with van der Waals surface area (Å²) >= 11 is 0. The Morgan fingerprint density at radius 2 is 1.80 bits per heavy atom. The number of carbonyl (C=O) groups excluding carboxylic acids is 2. The standard InChI is InChI=1S/C29H33F5N4O3/c1-17(2)41-28(40)38-9-5-6-19(16-38)22-13-25(26(14-24(22)31)37-11-10-36(4)18(3)15-37)35-27(39)21-8-7-20(30)12-23(21)29(32,33)34/h6-8,12-14,17-18H,5,9-11,15-16H2,1-4H3,(H,35,39). The molecule has 2 amide bonds. The second-order valence-corrected chi connectivity index (χ2v) is 10.6. The Hall–Kier alpha value is -3.67. The van der Waals surface area contributed by atoms with Crippen LogP contribution in [-0.4, -0.2) is 73.7 Å². The lowest BCUT2D eigenvalue weighted by molar-refractivity contribution is -0.138. The fourth-order valence-electron chi connectivity index (χ4n) is 4.95. The van der Waals surface area contributed by atoms with Crippen molar-refractivity contribution in [2.45, 2.75) is 45.5 Å². The van der Waals surface area contributed by atoms with Gasteiger partial charge in [-0.2, -0.15) is 13.2 Å². The van der Waals surface area contributed by atoms with Crippen molar-refractivity contribution in [1.82, 2.24) is 9.80 Å². The van der Waals surface area contributed by atoms with Crippen LogP contribution in [0.3, 0.4) is 0 Å². The molecule has 0 aliphatic carbocycles. The maximum absolute atomic E-state index is 15.7. The molecule has 12 heteroatoms. The van der Waals surface area contributed by atoms with E-state index in [-0.39, 0.29) is 36.0 Å². The van der Waals surface area contributed by atoms with E-state index in [1.165, 1.54) is 17.0 Å². The number of carbonyl (C=O) groups is 2. The Kier molecular flexibility index (Phi) is 8.91. The molecule has 0 spiro atoms. The molecule has 41 heavy (non-hydrogen) atoms. The highest BCUT2D eigenvalue weighted by Gasteiger charge is 2.36. The molecule has 2 aromatic carbocycles. The van der Waals surface area contributed by atoms with E-state index in [1.54, 1.807) is 19.9 Å². The summed E-state index contributed by atoms with van der Waals surface area (Å²) in [4.78, 5) is 31.1. The van der Waals surface area contributed by atoms with Crippen LogP contribution in [0.5, 0.6) is 0 Å². The summed E-state index contributed by atoms with van der Waals surface area (Å²) in [6.07, 6.45) is -3.64. The zero-order chi connectivity index (χ0) is 30.1. The molecule has 1 unspecified atom stereocenters. The smallest absolute Gasteiger partial charge is 0.417 e. The maximum Gasteiger partial charge on any atom is 0.417 e. The van der Waals surface area contributed by atoms with E-state index < -0.39 is 40.9 Å². The zero-order valence-corrected chi connectivity index (χ0v) is 23.3. The first-order valence-corrected chi connectivity index (χ1v) is 13.4. The molecular weight excluding hydrogens is 547 g/mol. The van der Waals surface area contributed by atoms with Crippen LogP contribution in [-0.2, 0) is 10.9 Å². The number of anilines is 2. The van der Waals surface area contributed by atoms with Gasteiger partial charge in [-0.15, -0.1) is 0 Å². The van der Waals surface area contributed by atoms with Crippen LogP contribution in [0.25, 0.3) is 5.57 Å². The summed E-state index contributed by atoms with van der Waals surface area (Å²) in [6, 6.07) is 4.55. The van der Waals surface area contributed by atoms with Crippen LogP contribution >= 0.6 is 0 Å². The number of halogens is 5. The molecule has 1 fully saturated rings. The van der Waals surface area contributed by atoms with Gasteiger partial charge in [-0.3, -0.25) is 4.79 Å². The van der Waals surface area contributed by atoms with Gasteiger partial charge in [-0.05, 0) is 70.1 Å². The monoisotopic (exact) mass is 580 g/mol. The molecule has 0 radical (unpaired) electrons. The van der Waals surface area contributed by atoms with Gasteiger partial charge in [-0.1, -0.05) is 6.08 Å². The quantitative estimate of drug-likeness (QED) is 0.439. The highest BCUT2D eigenvalue weighted by Crippen LogP contribution is 2.37. The molecule has 4 rings (SSSR count). The van der Waals surface area contributed by atoms with Crippen molar-refractivity contribution in [2.75, 3.05) is 50.0 Å². The number of alkyl halides is 3. The highest BCUT2D eigenvalue weighted by atomic mass is 19.4. The number of benzene rings is 2. The first-order chi connectivity index (χ1) is 19.2. The lowest BCUT2D eigenvalue weighted by Gasteiger charge is -2.40. The molecule has 7 nitrogen and oxygen atoms in total. The number of nitrogens with one attached hydrogen (secondary N) is 1. The van der Waals surface area contributed by atoms with Crippen LogP contribution in [0.15, 0.2) is 36.4 Å². The average Bonchev–Trinajstić information content (AvgIpc) is 2.90. The van der Waals surface area contributed by atoms with E-state index in [2.05, 4.69) is 10.2 Å². The number of likely N-dealkylation sites (N-methyl/N-ethyl adjacent to an activating group) is 1. The van der Waals surface area contributed by atoms with Crippen LogP contribution in [0, 0.1) is 11.6 Å². The summed E-state index contributed by atoms with van der Waals surface area (Å²) in [7, 11) is 1.95. The van der Waals surface area contributed by atoms with Crippen molar-refractivity contribution in [3.63, 3.8) is 0 Å². The molecule has 0 aromatic heterocycles. The summed E-state index contributed by atoms with van der Waals surface area (Å²) in [5, 5.41) is 2.53. The molecule has 2 aliphatic rings. The summed E-state index contributed by atoms with van der Waals surface area (Å²) in [5.41, 5.74) is -1.20.